The molecule has 0 fully saturated rings. The smallest absolute Gasteiger partial charge is 0.416 e. The van der Waals surface area contributed by atoms with Crippen molar-refractivity contribution in [2.24, 2.45) is 0 Å². The highest BCUT2D eigenvalue weighted by Gasteiger charge is 2.13. The molecule has 0 aliphatic heterocycles. The van der Waals surface area contributed by atoms with Gasteiger partial charge in [0.2, 0.25) is 0 Å². The first-order valence-electron chi connectivity index (χ1n) is 4.55. The molecule has 1 atom stereocenters. The Balaban J connectivity index is 2.31. The predicted octanol–water partition coefficient (Wildman–Crippen LogP) is 2.95. The molecule has 1 unspecified atom stereocenters. The normalized spacial score (nSPS) is 25.5. The summed E-state index contributed by atoms with van der Waals surface area (Å²) < 4.78 is 7.62. The molecule has 1 aliphatic rings. The number of nitrogens with one attached hydrogen (secondary N) is 1. The molecule has 0 aromatic carbocycles. The number of hydrogen-bond donors (Lipinski definition) is 1. The summed E-state index contributed by atoms with van der Waals surface area (Å²) in [5.74, 6) is 0. The highest BCUT2D eigenvalue weighted by Crippen LogP contribution is 2.15. The van der Waals surface area contributed by atoms with E-state index in [1.165, 1.54) is 0 Å². The lowest BCUT2D eigenvalue weighted by molar-refractivity contribution is 0.0927. The first-order chi connectivity index (χ1) is 6.33. The number of amides is 1. The van der Waals surface area contributed by atoms with Crippen LogP contribution >= 0.6 is 22.9 Å². The largest absolute Gasteiger partial charge is 0.446 e. The Kier molecular flexibility index (Phi) is 5.19. The van der Waals surface area contributed by atoms with Crippen LogP contribution in [0.5, 0.6) is 0 Å². The lowest BCUT2D eigenvalue weighted by Gasteiger charge is -2.17. The molecule has 13 heavy (non-hydrogen) atoms. The summed E-state index contributed by atoms with van der Waals surface area (Å²) in [5, 5.41) is 0. The molecule has 1 aliphatic carbocycles. The average molecular weight is 295 g/mol. The molecule has 0 aromatic heterocycles. The third-order valence-electron chi connectivity index (χ3n) is 2.07. The van der Waals surface area contributed by atoms with Crippen molar-refractivity contribution in [1.82, 2.24) is 3.53 Å². The standard InChI is InChI=1S/C9H14INO2/c10-11-9(12)13-8-6-4-2-1-3-5-7-8/h1-2,8H,3-7H2,(H,11,12)/b2-1+. The number of allylic oxidation sites excluding steroid dienone is 2. The van der Waals surface area contributed by atoms with E-state index in [9.17, 15) is 4.79 Å². The van der Waals surface area contributed by atoms with Gasteiger partial charge in [-0.2, -0.15) is 0 Å². The molecule has 0 spiro atoms. The zero-order valence-corrected chi connectivity index (χ0v) is 9.62. The Morgan fingerprint density at radius 2 is 2.15 bits per heavy atom. The summed E-state index contributed by atoms with van der Waals surface area (Å²) >= 11 is 1.79. The quantitative estimate of drug-likeness (QED) is 0.459. The maximum atomic E-state index is 10.9. The Morgan fingerprint density at radius 1 is 1.38 bits per heavy atom. The van der Waals surface area contributed by atoms with Gasteiger partial charge in [0.1, 0.15) is 6.10 Å². The van der Waals surface area contributed by atoms with E-state index in [-0.39, 0.29) is 12.2 Å². The van der Waals surface area contributed by atoms with Crippen molar-refractivity contribution in [3.8, 4) is 0 Å². The Labute approximate surface area is 92.4 Å². The van der Waals surface area contributed by atoms with Gasteiger partial charge in [0.25, 0.3) is 0 Å². The number of hydrogen-bond acceptors (Lipinski definition) is 2. The molecule has 0 heterocycles. The SMILES string of the molecule is O=C(NI)OC1CC/C=C/CCC1. The van der Waals surface area contributed by atoms with Crippen LogP contribution in [0.1, 0.15) is 32.1 Å². The van der Waals surface area contributed by atoms with E-state index in [4.69, 9.17) is 4.74 Å². The zero-order chi connectivity index (χ0) is 9.52. The second-order valence-corrected chi connectivity index (χ2v) is 3.64. The minimum absolute atomic E-state index is 0.0970. The topological polar surface area (TPSA) is 38.3 Å². The van der Waals surface area contributed by atoms with Crippen LogP contribution in [0.25, 0.3) is 0 Å². The number of carbonyl (C=O) groups excluding carboxylic acids is 1. The Bertz CT molecular complexity index is 194. The van der Waals surface area contributed by atoms with E-state index in [0.29, 0.717) is 0 Å². The molecule has 0 saturated carbocycles. The zero-order valence-electron chi connectivity index (χ0n) is 7.46. The maximum absolute atomic E-state index is 10.9. The molecule has 0 aromatic rings. The van der Waals surface area contributed by atoms with Crippen molar-refractivity contribution >= 4 is 29.0 Å². The molecule has 0 bridgehead atoms. The van der Waals surface area contributed by atoms with Crippen molar-refractivity contribution < 1.29 is 9.53 Å². The predicted molar refractivity (Wildman–Crippen MR) is 59.6 cm³/mol. The maximum Gasteiger partial charge on any atom is 0.416 e. The third-order valence-corrected chi connectivity index (χ3v) is 2.51. The minimum Gasteiger partial charge on any atom is -0.446 e. The number of halogens is 1. The molecule has 0 saturated heterocycles. The monoisotopic (exact) mass is 295 g/mol. The van der Waals surface area contributed by atoms with Crippen LogP contribution in [0.15, 0.2) is 12.2 Å². The minimum atomic E-state index is -0.324. The van der Waals surface area contributed by atoms with Crippen LogP contribution in [0.4, 0.5) is 4.79 Å². The molecule has 1 amide bonds. The van der Waals surface area contributed by atoms with Crippen molar-refractivity contribution in [1.29, 1.82) is 0 Å². The fourth-order valence-electron chi connectivity index (χ4n) is 1.42. The van der Waals surface area contributed by atoms with E-state index in [1.807, 2.05) is 0 Å². The molecule has 1 rings (SSSR count). The number of ether oxygens (including phenoxy) is 1. The first-order valence-corrected chi connectivity index (χ1v) is 5.63. The van der Waals surface area contributed by atoms with Gasteiger partial charge in [-0.3, -0.25) is 3.53 Å². The molecule has 3 nitrogen and oxygen atoms in total. The molecule has 1 N–H and O–H groups in total. The summed E-state index contributed by atoms with van der Waals surface area (Å²) in [7, 11) is 0. The summed E-state index contributed by atoms with van der Waals surface area (Å²) in [6.07, 6.45) is 9.29. The van der Waals surface area contributed by atoms with E-state index < -0.39 is 0 Å². The first kappa shape index (κ1) is 10.8. The van der Waals surface area contributed by atoms with E-state index >= 15 is 0 Å². The van der Waals surface area contributed by atoms with Gasteiger partial charge in [0, 0.05) is 0 Å². The highest BCUT2D eigenvalue weighted by molar-refractivity contribution is 14.1. The molecule has 0 radical (unpaired) electrons. The van der Waals surface area contributed by atoms with Gasteiger partial charge in [-0.1, -0.05) is 12.2 Å². The van der Waals surface area contributed by atoms with Gasteiger partial charge in [-0.25, -0.2) is 4.79 Å². The molecule has 4 heteroatoms. The fraction of sp³-hybridized carbons (Fsp3) is 0.667. The lowest BCUT2D eigenvalue weighted by atomic mass is 10.0. The van der Waals surface area contributed by atoms with Gasteiger partial charge >= 0.3 is 6.09 Å². The van der Waals surface area contributed by atoms with Crippen LogP contribution in [-0.2, 0) is 4.74 Å². The van der Waals surface area contributed by atoms with Crippen molar-refractivity contribution in [3.63, 3.8) is 0 Å². The van der Waals surface area contributed by atoms with Crippen LogP contribution in [0, 0.1) is 0 Å². The van der Waals surface area contributed by atoms with E-state index in [2.05, 4.69) is 15.7 Å². The summed E-state index contributed by atoms with van der Waals surface area (Å²) in [4.78, 5) is 10.9. The fourth-order valence-corrected chi connectivity index (χ4v) is 1.54. The van der Waals surface area contributed by atoms with Gasteiger partial charge in [-0.15, -0.1) is 0 Å². The summed E-state index contributed by atoms with van der Waals surface area (Å²) in [5.41, 5.74) is 0. The van der Waals surface area contributed by atoms with Gasteiger partial charge in [0.15, 0.2) is 0 Å². The van der Waals surface area contributed by atoms with Crippen molar-refractivity contribution in [2.75, 3.05) is 0 Å². The van der Waals surface area contributed by atoms with Crippen LogP contribution < -0.4 is 3.53 Å². The summed E-state index contributed by atoms with van der Waals surface area (Å²) in [6, 6.07) is 0. The average Bonchev–Trinajstić information content (AvgIpc) is 2.09. The van der Waals surface area contributed by atoms with Gasteiger partial charge in [-0.05, 0) is 32.1 Å². The second kappa shape index (κ2) is 6.23. The molecular formula is C9H14INO2. The highest BCUT2D eigenvalue weighted by atomic mass is 127. The second-order valence-electron chi connectivity index (χ2n) is 3.10. The van der Waals surface area contributed by atoms with Crippen LogP contribution in [0.3, 0.4) is 0 Å². The lowest BCUT2D eigenvalue weighted by Crippen LogP contribution is -2.23. The summed E-state index contributed by atoms with van der Waals surface area (Å²) in [6.45, 7) is 0. The van der Waals surface area contributed by atoms with E-state index in [1.54, 1.807) is 22.9 Å². The Hall–Kier alpha value is -0.260. The molecular weight excluding hydrogens is 281 g/mol. The Morgan fingerprint density at radius 3 is 2.92 bits per heavy atom. The molecule has 74 valence electrons. The van der Waals surface area contributed by atoms with Crippen LogP contribution in [0.2, 0.25) is 0 Å². The van der Waals surface area contributed by atoms with Gasteiger partial charge < -0.3 is 4.74 Å². The van der Waals surface area contributed by atoms with Gasteiger partial charge in [0.05, 0.1) is 22.9 Å². The van der Waals surface area contributed by atoms with Crippen LogP contribution in [-0.4, -0.2) is 12.2 Å². The number of rotatable bonds is 1. The third kappa shape index (κ3) is 4.50. The van der Waals surface area contributed by atoms with E-state index in [0.717, 1.165) is 32.1 Å². The number of carbonyl (C=O) groups is 1. The van der Waals surface area contributed by atoms with Crippen molar-refractivity contribution in [2.45, 2.75) is 38.2 Å². The van der Waals surface area contributed by atoms with Crippen molar-refractivity contribution in [3.05, 3.63) is 12.2 Å².